The number of nitrogens with zero attached hydrogens (tertiary/aromatic N) is 1. The van der Waals surface area contributed by atoms with E-state index in [4.69, 9.17) is 11.6 Å². The smallest absolute Gasteiger partial charge is 0.326 e. The molecule has 2 aliphatic heterocycles. The Morgan fingerprint density at radius 3 is 2.75 bits per heavy atom. The van der Waals surface area contributed by atoms with E-state index in [0.29, 0.717) is 24.3 Å². The number of amides is 1. The highest BCUT2D eigenvalue weighted by atomic mass is 127. The molecule has 2 aliphatic rings. The highest BCUT2D eigenvalue weighted by Gasteiger charge is 2.31. The molecule has 0 radical (unpaired) electrons. The minimum absolute atomic E-state index is 0.00382. The first-order valence-corrected chi connectivity index (χ1v) is 14.7. The van der Waals surface area contributed by atoms with E-state index >= 15 is 0 Å². The van der Waals surface area contributed by atoms with E-state index < -0.39 is 27.9 Å². The summed E-state index contributed by atoms with van der Waals surface area (Å²) in [6.07, 6.45) is 6.33. The number of rotatable bonds is 8. The molecular formula is C22H17BrClIN4O5S2. The number of sulfonamides is 1. The molecule has 0 saturated heterocycles. The van der Waals surface area contributed by atoms with Gasteiger partial charge in [-0.25, -0.2) is 13.2 Å². The van der Waals surface area contributed by atoms with Gasteiger partial charge in [-0.15, -0.1) is 0 Å². The van der Waals surface area contributed by atoms with Crippen LogP contribution in [-0.2, 0) is 21.2 Å². The number of aliphatic carboxylic acids is 1. The topological polar surface area (TPSA) is 128 Å². The maximum absolute atomic E-state index is 13.3. The molecule has 1 amide bonds. The van der Waals surface area contributed by atoms with E-state index in [1.54, 1.807) is 47.0 Å². The van der Waals surface area contributed by atoms with Gasteiger partial charge in [-0.2, -0.15) is 0 Å². The lowest BCUT2D eigenvalue weighted by Gasteiger charge is -2.21. The zero-order chi connectivity index (χ0) is 26.0. The number of nitrogens with one attached hydrogen (secondary N) is 3. The molecule has 0 aromatic heterocycles. The molecule has 9 nitrogen and oxygen atoms in total. The number of carboxylic acid groups (broad SMARTS) is 1. The van der Waals surface area contributed by atoms with Crippen molar-refractivity contribution < 1.29 is 23.1 Å². The Morgan fingerprint density at radius 1 is 1.25 bits per heavy atom. The summed E-state index contributed by atoms with van der Waals surface area (Å²) < 4.78 is 34.8. The molecule has 36 heavy (non-hydrogen) atoms. The maximum Gasteiger partial charge on any atom is 0.326 e. The Morgan fingerprint density at radius 2 is 2.03 bits per heavy atom. The number of hydrogen-bond donors (Lipinski definition) is 4. The summed E-state index contributed by atoms with van der Waals surface area (Å²) in [6, 6.07) is 8.28. The summed E-state index contributed by atoms with van der Waals surface area (Å²) in [5, 5.41) is 12.7. The van der Waals surface area contributed by atoms with E-state index in [2.05, 4.69) is 30.7 Å². The minimum Gasteiger partial charge on any atom is -0.480 e. The first kappa shape index (κ1) is 26.9. The second-order valence-corrected chi connectivity index (χ2v) is 12.5. The Bertz CT molecular complexity index is 1450. The SMILES string of the molecule is O=C(N[C@@H](Cc1ccc(Cl)c(Br)c1)C(=O)O)c1ccc(I)cc1NS(=O)(=O)C1=CC=CN2SNC=C12. The molecule has 14 heteroatoms. The van der Waals surface area contributed by atoms with Crippen LogP contribution in [0.1, 0.15) is 15.9 Å². The quantitative estimate of drug-likeness (QED) is 0.230. The summed E-state index contributed by atoms with van der Waals surface area (Å²) in [4.78, 5) is 25.1. The number of halogens is 3. The van der Waals surface area contributed by atoms with Crippen molar-refractivity contribution in [3.8, 4) is 0 Å². The Labute approximate surface area is 238 Å². The van der Waals surface area contributed by atoms with Crippen LogP contribution in [0.15, 0.2) is 76.0 Å². The van der Waals surface area contributed by atoms with Crippen molar-refractivity contribution in [1.82, 2.24) is 14.3 Å². The summed E-state index contributed by atoms with van der Waals surface area (Å²) >= 11 is 12.5. The maximum atomic E-state index is 13.3. The number of carboxylic acids is 1. The van der Waals surface area contributed by atoms with Crippen molar-refractivity contribution in [3.05, 3.63) is 95.7 Å². The van der Waals surface area contributed by atoms with Crippen LogP contribution in [0.3, 0.4) is 0 Å². The van der Waals surface area contributed by atoms with Crippen molar-refractivity contribution in [1.29, 1.82) is 0 Å². The van der Waals surface area contributed by atoms with E-state index in [9.17, 15) is 23.1 Å². The lowest BCUT2D eigenvalue weighted by atomic mass is 10.1. The molecule has 188 valence electrons. The van der Waals surface area contributed by atoms with Crippen molar-refractivity contribution in [3.63, 3.8) is 0 Å². The van der Waals surface area contributed by atoms with Crippen LogP contribution in [0.25, 0.3) is 0 Å². The lowest BCUT2D eigenvalue weighted by Crippen LogP contribution is -2.42. The Hall–Kier alpha value is -2.20. The first-order chi connectivity index (χ1) is 17.0. The molecule has 0 spiro atoms. The van der Waals surface area contributed by atoms with Crippen LogP contribution in [0.4, 0.5) is 5.69 Å². The fourth-order valence-electron chi connectivity index (χ4n) is 3.40. The largest absolute Gasteiger partial charge is 0.480 e. The molecular weight excluding hydrogens is 707 g/mol. The molecule has 4 N–H and O–H groups in total. The standard InChI is InChI=1S/C22H17BrClIN4O5S2/c23-15-8-12(3-6-16(15)24)9-18(22(31)32)27-21(30)14-5-4-13(25)10-17(14)28-36(33,34)20-2-1-7-29-19(20)11-26-35-29/h1-8,10-11,18,26,28H,9H2,(H,27,30)(H,31,32)/t18-/m0/s1. The molecule has 0 aliphatic carbocycles. The molecule has 1 atom stereocenters. The van der Waals surface area contributed by atoms with Gasteiger partial charge in [0.05, 0.1) is 34.1 Å². The zero-order valence-corrected chi connectivity index (χ0v) is 24.2. The van der Waals surface area contributed by atoms with Crippen molar-refractivity contribution in [2.75, 3.05) is 4.72 Å². The first-order valence-electron chi connectivity index (χ1n) is 10.2. The molecule has 2 aromatic rings. The zero-order valence-electron chi connectivity index (χ0n) is 18.0. The normalized spacial score (nSPS) is 15.4. The van der Waals surface area contributed by atoms with E-state index in [1.807, 2.05) is 22.6 Å². The van der Waals surface area contributed by atoms with Crippen LogP contribution < -0.4 is 14.8 Å². The summed E-state index contributed by atoms with van der Waals surface area (Å²) in [5.41, 5.74) is 1.09. The number of hydrogen-bond acceptors (Lipinski definition) is 7. The Kier molecular flexibility index (Phi) is 8.24. The predicted molar refractivity (Wildman–Crippen MR) is 151 cm³/mol. The predicted octanol–water partition coefficient (Wildman–Crippen LogP) is 4.60. The van der Waals surface area contributed by atoms with E-state index in [0.717, 1.165) is 0 Å². The minimum atomic E-state index is -4.09. The van der Waals surface area contributed by atoms with Crippen LogP contribution in [0, 0.1) is 3.57 Å². The van der Waals surface area contributed by atoms with Crippen molar-refractivity contribution >= 4 is 89.8 Å². The number of carbonyl (C=O) groups excluding carboxylic acids is 1. The van der Waals surface area contributed by atoms with Gasteiger partial charge in [0.2, 0.25) is 0 Å². The van der Waals surface area contributed by atoms with Gasteiger partial charge >= 0.3 is 5.97 Å². The second-order valence-electron chi connectivity index (χ2n) is 7.55. The molecule has 0 saturated carbocycles. The van der Waals surface area contributed by atoms with E-state index in [1.165, 1.54) is 30.3 Å². The second kappa shape index (κ2) is 11.0. The van der Waals surface area contributed by atoms with Gasteiger partial charge in [0, 0.05) is 26.9 Å². The summed E-state index contributed by atoms with van der Waals surface area (Å²) in [5.74, 6) is -1.97. The fourth-order valence-corrected chi connectivity index (χ4v) is 6.41. The van der Waals surface area contributed by atoms with Crippen molar-refractivity contribution in [2.24, 2.45) is 0 Å². The molecule has 2 heterocycles. The third kappa shape index (κ3) is 6.02. The van der Waals surface area contributed by atoms with Gasteiger partial charge in [0.15, 0.2) is 0 Å². The van der Waals surface area contributed by atoms with Crippen LogP contribution in [0.5, 0.6) is 0 Å². The highest BCUT2D eigenvalue weighted by Crippen LogP contribution is 2.34. The third-order valence-electron chi connectivity index (χ3n) is 5.09. The molecule has 0 bridgehead atoms. The number of carbonyl (C=O) groups is 2. The average Bonchev–Trinajstić information content (AvgIpc) is 3.29. The van der Waals surface area contributed by atoms with Gasteiger partial charge in [-0.3, -0.25) is 13.8 Å². The molecule has 0 unspecified atom stereocenters. The molecule has 4 rings (SSSR count). The number of anilines is 1. The number of benzene rings is 2. The average molecular weight is 724 g/mol. The third-order valence-corrected chi connectivity index (χ3v) is 9.13. The highest BCUT2D eigenvalue weighted by molar-refractivity contribution is 14.1. The Balaban J connectivity index is 1.59. The van der Waals surface area contributed by atoms with Crippen LogP contribution >= 0.6 is 62.3 Å². The number of fused-ring (bicyclic) bond motifs is 1. The number of allylic oxidation sites excluding steroid dienone is 2. The van der Waals surface area contributed by atoms with E-state index in [-0.39, 0.29) is 22.6 Å². The lowest BCUT2D eigenvalue weighted by molar-refractivity contribution is -0.139. The van der Waals surface area contributed by atoms with Gasteiger partial charge in [0.25, 0.3) is 15.9 Å². The fraction of sp³-hybridized carbons (Fsp3) is 0.0909. The van der Waals surface area contributed by atoms with Crippen LogP contribution in [-0.4, -0.2) is 35.7 Å². The van der Waals surface area contributed by atoms with Gasteiger partial charge in [-0.1, -0.05) is 17.7 Å². The molecule has 2 aromatic carbocycles. The monoisotopic (exact) mass is 722 g/mol. The molecule has 0 fully saturated rings. The van der Waals surface area contributed by atoms with Crippen molar-refractivity contribution in [2.45, 2.75) is 12.5 Å². The van der Waals surface area contributed by atoms with Gasteiger partial charge in [0.1, 0.15) is 10.9 Å². The van der Waals surface area contributed by atoms with Gasteiger partial charge in [-0.05, 0) is 86.6 Å². The summed E-state index contributed by atoms with van der Waals surface area (Å²) in [7, 11) is -4.09. The van der Waals surface area contributed by atoms with Gasteiger partial charge < -0.3 is 15.1 Å². The van der Waals surface area contributed by atoms with Crippen LogP contribution in [0.2, 0.25) is 5.02 Å². The summed E-state index contributed by atoms with van der Waals surface area (Å²) in [6.45, 7) is 0.